The van der Waals surface area contributed by atoms with Crippen molar-refractivity contribution in [3.8, 4) is 0 Å². The Morgan fingerprint density at radius 1 is 0.741 bits per heavy atom. The summed E-state index contributed by atoms with van der Waals surface area (Å²) in [5.74, 6) is 0.380. The van der Waals surface area contributed by atoms with Crippen LogP contribution in [-0.2, 0) is 19.1 Å². The van der Waals surface area contributed by atoms with Gasteiger partial charge in [0.05, 0.1) is 24.4 Å². The molecule has 0 bridgehead atoms. The lowest BCUT2D eigenvalue weighted by molar-refractivity contribution is -0.149. The predicted octanol–water partition coefficient (Wildman–Crippen LogP) is 2.60. The van der Waals surface area contributed by atoms with Crippen LogP contribution in [-0.4, -0.2) is 72.2 Å². The summed E-state index contributed by atoms with van der Waals surface area (Å²) in [6, 6.07) is 0. The third-order valence-corrected chi connectivity index (χ3v) is 6.26. The van der Waals surface area contributed by atoms with Crippen LogP contribution in [0.15, 0.2) is 0 Å². The molecule has 3 rings (SSSR count). The Morgan fingerprint density at radius 3 is 1.41 bits per heavy atom. The monoisotopic (exact) mass is 380 g/mol. The van der Waals surface area contributed by atoms with Gasteiger partial charge in [-0.25, -0.2) is 0 Å². The number of hydrogen-bond donors (Lipinski definition) is 0. The van der Waals surface area contributed by atoms with Crippen molar-refractivity contribution in [3.05, 3.63) is 0 Å². The van der Waals surface area contributed by atoms with Crippen LogP contribution >= 0.6 is 0 Å². The first kappa shape index (κ1) is 20.6. The zero-order valence-corrected chi connectivity index (χ0v) is 17.4. The van der Waals surface area contributed by atoms with Crippen molar-refractivity contribution in [1.29, 1.82) is 0 Å². The average molecular weight is 381 g/mol. The first-order chi connectivity index (χ1) is 12.8. The van der Waals surface area contributed by atoms with E-state index < -0.39 is 0 Å². The van der Waals surface area contributed by atoms with Crippen LogP contribution in [0.5, 0.6) is 0 Å². The molecule has 4 unspecified atom stereocenters. The molecule has 0 aromatic rings. The van der Waals surface area contributed by atoms with Crippen LogP contribution in [0, 0.1) is 5.41 Å². The molecule has 2 amide bonds. The van der Waals surface area contributed by atoms with Gasteiger partial charge in [-0.3, -0.25) is 9.59 Å². The summed E-state index contributed by atoms with van der Waals surface area (Å²) in [5, 5.41) is 0. The van der Waals surface area contributed by atoms with Crippen LogP contribution < -0.4 is 0 Å². The summed E-state index contributed by atoms with van der Waals surface area (Å²) in [6.45, 7) is 10.7. The minimum atomic E-state index is -0.163. The number of morpholine rings is 2. The first-order valence-corrected chi connectivity index (χ1v) is 10.6. The summed E-state index contributed by atoms with van der Waals surface area (Å²) in [6.07, 6.45) is 5.50. The highest BCUT2D eigenvalue weighted by molar-refractivity contribution is 5.81. The molecule has 2 heterocycles. The van der Waals surface area contributed by atoms with E-state index in [1.54, 1.807) is 0 Å². The van der Waals surface area contributed by atoms with Crippen LogP contribution in [0.1, 0.15) is 66.2 Å². The third kappa shape index (κ3) is 5.23. The van der Waals surface area contributed by atoms with E-state index in [-0.39, 0.29) is 41.6 Å². The normalized spacial score (nSPS) is 33.9. The molecule has 0 radical (unpaired) electrons. The molecule has 2 aliphatic heterocycles. The van der Waals surface area contributed by atoms with Crippen molar-refractivity contribution in [2.24, 2.45) is 5.41 Å². The standard InChI is InChI=1S/C21H36N2O4/c1-15-11-22(12-16(2)26-15)19(24)9-21(7-5-6-8-21)10-20(25)23-13-17(3)27-18(4)14-23/h15-18H,5-14H2,1-4H3. The lowest BCUT2D eigenvalue weighted by Crippen LogP contribution is -2.50. The highest BCUT2D eigenvalue weighted by atomic mass is 16.5. The zero-order chi connectivity index (χ0) is 19.6. The van der Waals surface area contributed by atoms with Gasteiger partial charge < -0.3 is 19.3 Å². The van der Waals surface area contributed by atoms with Gasteiger partial charge in [-0.2, -0.15) is 0 Å². The average Bonchev–Trinajstić information content (AvgIpc) is 3.01. The van der Waals surface area contributed by atoms with Gasteiger partial charge in [0.2, 0.25) is 11.8 Å². The molecule has 4 atom stereocenters. The molecule has 1 aliphatic carbocycles. The molecule has 6 nitrogen and oxygen atoms in total. The van der Waals surface area contributed by atoms with Crippen LogP contribution in [0.3, 0.4) is 0 Å². The highest BCUT2D eigenvalue weighted by Gasteiger charge is 2.41. The van der Waals surface area contributed by atoms with Crippen molar-refractivity contribution in [1.82, 2.24) is 9.80 Å². The van der Waals surface area contributed by atoms with Crippen LogP contribution in [0.4, 0.5) is 0 Å². The third-order valence-electron chi connectivity index (χ3n) is 6.26. The fraction of sp³-hybridized carbons (Fsp3) is 0.905. The van der Waals surface area contributed by atoms with E-state index in [1.165, 1.54) is 0 Å². The predicted molar refractivity (Wildman–Crippen MR) is 103 cm³/mol. The van der Waals surface area contributed by atoms with Gasteiger partial charge in [0, 0.05) is 39.0 Å². The number of rotatable bonds is 4. The number of amides is 2. The molecule has 0 spiro atoms. The van der Waals surface area contributed by atoms with Gasteiger partial charge in [0.15, 0.2) is 0 Å². The summed E-state index contributed by atoms with van der Waals surface area (Å²) in [5.41, 5.74) is -0.163. The number of carbonyl (C=O) groups is 2. The number of nitrogens with zero attached hydrogens (tertiary/aromatic N) is 2. The maximum Gasteiger partial charge on any atom is 0.223 e. The van der Waals surface area contributed by atoms with E-state index in [9.17, 15) is 9.59 Å². The smallest absolute Gasteiger partial charge is 0.223 e. The van der Waals surface area contributed by atoms with E-state index in [0.29, 0.717) is 39.0 Å². The number of carbonyl (C=O) groups excluding carboxylic acids is 2. The molecule has 3 fully saturated rings. The molecule has 27 heavy (non-hydrogen) atoms. The molecule has 6 heteroatoms. The van der Waals surface area contributed by atoms with E-state index >= 15 is 0 Å². The second-order valence-electron chi connectivity index (χ2n) is 9.17. The quantitative estimate of drug-likeness (QED) is 0.752. The second-order valence-corrected chi connectivity index (χ2v) is 9.17. The molecule has 0 N–H and O–H groups in total. The second kappa shape index (κ2) is 8.48. The summed E-state index contributed by atoms with van der Waals surface area (Å²) in [7, 11) is 0. The first-order valence-electron chi connectivity index (χ1n) is 10.6. The van der Waals surface area contributed by atoms with Crippen LogP contribution in [0.25, 0.3) is 0 Å². The largest absolute Gasteiger partial charge is 0.372 e. The van der Waals surface area contributed by atoms with Gasteiger partial charge in [-0.15, -0.1) is 0 Å². The van der Waals surface area contributed by atoms with E-state index in [1.807, 2.05) is 37.5 Å². The van der Waals surface area contributed by atoms with Crippen molar-refractivity contribution in [2.45, 2.75) is 90.6 Å². The maximum absolute atomic E-state index is 13.0. The highest BCUT2D eigenvalue weighted by Crippen LogP contribution is 2.45. The Morgan fingerprint density at radius 2 is 1.07 bits per heavy atom. The topological polar surface area (TPSA) is 59.1 Å². The summed E-state index contributed by atoms with van der Waals surface area (Å²) < 4.78 is 11.5. The Hall–Kier alpha value is -1.14. The van der Waals surface area contributed by atoms with Crippen molar-refractivity contribution >= 4 is 11.8 Å². The molecular weight excluding hydrogens is 344 g/mol. The Balaban J connectivity index is 1.63. The fourth-order valence-corrected chi connectivity index (χ4v) is 5.17. The lowest BCUT2D eigenvalue weighted by Gasteiger charge is -2.39. The lowest BCUT2D eigenvalue weighted by atomic mass is 9.78. The maximum atomic E-state index is 13.0. The molecule has 154 valence electrons. The van der Waals surface area contributed by atoms with Gasteiger partial charge in [0.25, 0.3) is 0 Å². The minimum Gasteiger partial charge on any atom is -0.372 e. The Bertz CT molecular complexity index is 484. The van der Waals surface area contributed by atoms with Crippen LogP contribution in [0.2, 0.25) is 0 Å². The molecule has 2 saturated heterocycles. The molecule has 0 aromatic heterocycles. The zero-order valence-electron chi connectivity index (χ0n) is 17.4. The van der Waals surface area contributed by atoms with Gasteiger partial charge in [-0.05, 0) is 46.0 Å². The van der Waals surface area contributed by atoms with E-state index in [0.717, 1.165) is 25.7 Å². The molecular formula is C21H36N2O4. The SMILES string of the molecule is CC1CN(C(=O)CC2(CC(=O)N3CC(C)OC(C)C3)CCCC2)CC(C)O1. The Kier molecular flexibility index (Phi) is 6.46. The van der Waals surface area contributed by atoms with Gasteiger partial charge in [0.1, 0.15) is 0 Å². The van der Waals surface area contributed by atoms with Gasteiger partial charge in [-0.1, -0.05) is 12.8 Å². The van der Waals surface area contributed by atoms with Crippen molar-refractivity contribution in [2.75, 3.05) is 26.2 Å². The number of hydrogen-bond acceptors (Lipinski definition) is 4. The van der Waals surface area contributed by atoms with Gasteiger partial charge >= 0.3 is 0 Å². The van der Waals surface area contributed by atoms with Crippen molar-refractivity contribution < 1.29 is 19.1 Å². The number of ether oxygens (including phenoxy) is 2. The van der Waals surface area contributed by atoms with Crippen molar-refractivity contribution in [3.63, 3.8) is 0 Å². The summed E-state index contributed by atoms with van der Waals surface area (Å²) >= 11 is 0. The molecule has 1 saturated carbocycles. The molecule has 3 aliphatic rings. The summed E-state index contributed by atoms with van der Waals surface area (Å²) in [4.78, 5) is 30.0. The van der Waals surface area contributed by atoms with E-state index in [4.69, 9.17) is 9.47 Å². The molecule has 0 aromatic carbocycles. The Labute approximate surface area is 163 Å². The van der Waals surface area contributed by atoms with E-state index in [2.05, 4.69) is 0 Å². The minimum absolute atomic E-state index is 0.0789. The fourth-order valence-electron chi connectivity index (χ4n) is 5.17.